The molecule has 106 valence electrons. The predicted octanol–water partition coefficient (Wildman–Crippen LogP) is 3.58. The van der Waals surface area contributed by atoms with Gasteiger partial charge in [-0.1, -0.05) is 6.07 Å². The zero-order chi connectivity index (χ0) is 14.2. The fourth-order valence-electron chi connectivity index (χ4n) is 2.50. The van der Waals surface area contributed by atoms with E-state index in [2.05, 4.69) is 28.0 Å². The number of fused-ring (bicyclic) bond motifs is 1. The van der Waals surface area contributed by atoms with E-state index < -0.39 is 0 Å². The summed E-state index contributed by atoms with van der Waals surface area (Å²) < 4.78 is 7.35. The number of aromatic nitrogens is 2. The molecule has 4 heteroatoms. The van der Waals surface area contributed by atoms with E-state index in [1.165, 1.54) is 12.8 Å². The van der Waals surface area contributed by atoms with Crippen molar-refractivity contribution in [1.82, 2.24) is 9.38 Å². The molecule has 0 amide bonds. The third-order valence-electron chi connectivity index (χ3n) is 3.81. The Labute approximate surface area is 123 Å². The van der Waals surface area contributed by atoms with Crippen molar-refractivity contribution < 1.29 is 4.74 Å². The number of hydrogen-bond donors (Lipinski definition) is 1. The Morgan fingerprint density at radius 2 is 1.95 bits per heavy atom. The van der Waals surface area contributed by atoms with Gasteiger partial charge in [0, 0.05) is 17.8 Å². The van der Waals surface area contributed by atoms with Gasteiger partial charge in [0.15, 0.2) is 0 Å². The van der Waals surface area contributed by atoms with Gasteiger partial charge >= 0.3 is 0 Å². The molecular weight excluding hydrogens is 262 g/mol. The van der Waals surface area contributed by atoms with Gasteiger partial charge in [-0.25, -0.2) is 4.98 Å². The van der Waals surface area contributed by atoms with E-state index in [-0.39, 0.29) is 0 Å². The minimum Gasteiger partial charge on any atom is -0.497 e. The maximum absolute atomic E-state index is 5.23. The molecule has 0 bridgehead atoms. The molecule has 1 aromatic carbocycles. The summed E-state index contributed by atoms with van der Waals surface area (Å²) in [5.41, 5.74) is 3.06. The van der Waals surface area contributed by atoms with E-state index in [4.69, 9.17) is 9.72 Å². The SMILES string of the molecule is COc1ccc(-c2nc3ccccn3c2NC2CC2)cc1. The predicted molar refractivity (Wildman–Crippen MR) is 83.8 cm³/mol. The molecule has 3 aromatic rings. The molecule has 0 aliphatic heterocycles. The fraction of sp³-hybridized carbons (Fsp3) is 0.235. The zero-order valence-corrected chi connectivity index (χ0v) is 11.9. The van der Waals surface area contributed by atoms with Gasteiger partial charge in [-0.15, -0.1) is 0 Å². The number of hydrogen-bond acceptors (Lipinski definition) is 3. The summed E-state index contributed by atoms with van der Waals surface area (Å²) >= 11 is 0. The molecular formula is C17H17N3O. The number of rotatable bonds is 4. The molecule has 2 aromatic heterocycles. The smallest absolute Gasteiger partial charge is 0.139 e. The first-order chi connectivity index (χ1) is 10.3. The minimum atomic E-state index is 0.585. The highest BCUT2D eigenvalue weighted by Crippen LogP contribution is 2.33. The lowest BCUT2D eigenvalue weighted by Crippen LogP contribution is -2.04. The second-order valence-corrected chi connectivity index (χ2v) is 5.38. The third-order valence-corrected chi connectivity index (χ3v) is 3.81. The van der Waals surface area contributed by atoms with Gasteiger partial charge in [-0.05, 0) is 49.2 Å². The molecule has 1 N–H and O–H groups in total. The molecule has 0 unspecified atom stereocenters. The maximum atomic E-state index is 5.23. The van der Waals surface area contributed by atoms with Crippen molar-refractivity contribution in [2.45, 2.75) is 18.9 Å². The molecule has 0 radical (unpaired) electrons. The van der Waals surface area contributed by atoms with Gasteiger partial charge in [0.1, 0.15) is 22.9 Å². The van der Waals surface area contributed by atoms with Gasteiger partial charge in [0.25, 0.3) is 0 Å². The summed E-state index contributed by atoms with van der Waals surface area (Å²) in [5, 5.41) is 3.60. The average Bonchev–Trinajstić information content (AvgIpc) is 3.28. The monoisotopic (exact) mass is 279 g/mol. The Morgan fingerprint density at radius 3 is 2.67 bits per heavy atom. The highest BCUT2D eigenvalue weighted by molar-refractivity contribution is 5.77. The number of nitrogens with one attached hydrogen (secondary N) is 1. The first-order valence-electron chi connectivity index (χ1n) is 7.23. The summed E-state index contributed by atoms with van der Waals surface area (Å²) in [6, 6.07) is 14.7. The molecule has 0 atom stereocenters. The van der Waals surface area contributed by atoms with E-state index in [0.29, 0.717) is 6.04 Å². The van der Waals surface area contributed by atoms with Crippen LogP contribution in [-0.2, 0) is 0 Å². The van der Waals surface area contributed by atoms with Crippen molar-refractivity contribution in [3.63, 3.8) is 0 Å². The molecule has 4 rings (SSSR count). The second kappa shape index (κ2) is 4.81. The van der Waals surface area contributed by atoms with Gasteiger partial charge in [-0.2, -0.15) is 0 Å². The Morgan fingerprint density at radius 1 is 1.14 bits per heavy atom. The molecule has 0 spiro atoms. The van der Waals surface area contributed by atoms with Crippen LogP contribution < -0.4 is 10.1 Å². The molecule has 1 aliphatic rings. The van der Waals surface area contributed by atoms with Crippen LogP contribution in [0.2, 0.25) is 0 Å². The number of anilines is 1. The topological polar surface area (TPSA) is 38.6 Å². The summed E-state index contributed by atoms with van der Waals surface area (Å²) in [6.45, 7) is 0. The van der Waals surface area contributed by atoms with Crippen molar-refractivity contribution in [3.05, 3.63) is 48.7 Å². The first kappa shape index (κ1) is 12.3. The van der Waals surface area contributed by atoms with Gasteiger partial charge in [0.05, 0.1) is 7.11 Å². The highest BCUT2D eigenvalue weighted by atomic mass is 16.5. The van der Waals surface area contributed by atoms with Crippen LogP contribution in [0, 0.1) is 0 Å². The highest BCUT2D eigenvalue weighted by Gasteiger charge is 2.24. The summed E-state index contributed by atoms with van der Waals surface area (Å²) in [5.74, 6) is 1.94. The molecule has 4 nitrogen and oxygen atoms in total. The van der Waals surface area contributed by atoms with E-state index in [1.807, 2.05) is 30.3 Å². The standard InChI is InChI=1S/C17H17N3O/c1-21-14-9-5-12(6-10-14)16-17(18-13-7-8-13)20-11-3-2-4-15(20)19-16/h2-6,9-11,13,18H,7-8H2,1H3. The summed E-state index contributed by atoms with van der Waals surface area (Å²) in [7, 11) is 1.68. The molecule has 0 saturated heterocycles. The van der Waals surface area contributed by atoms with Crippen molar-refractivity contribution in [3.8, 4) is 17.0 Å². The van der Waals surface area contributed by atoms with Crippen LogP contribution in [0.5, 0.6) is 5.75 Å². The lowest BCUT2D eigenvalue weighted by atomic mass is 10.1. The summed E-state index contributed by atoms with van der Waals surface area (Å²) in [6.07, 6.45) is 4.53. The third kappa shape index (κ3) is 2.23. The quantitative estimate of drug-likeness (QED) is 0.793. The molecule has 21 heavy (non-hydrogen) atoms. The Kier molecular flexibility index (Phi) is 2.81. The van der Waals surface area contributed by atoms with Crippen LogP contribution in [0.4, 0.5) is 5.82 Å². The molecule has 1 saturated carbocycles. The van der Waals surface area contributed by atoms with Crippen LogP contribution in [0.15, 0.2) is 48.7 Å². The fourth-order valence-corrected chi connectivity index (χ4v) is 2.50. The maximum Gasteiger partial charge on any atom is 0.139 e. The molecule has 1 fully saturated rings. The van der Waals surface area contributed by atoms with Crippen LogP contribution in [-0.4, -0.2) is 22.5 Å². The van der Waals surface area contributed by atoms with Crippen molar-refractivity contribution >= 4 is 11.5 Å². The lowest BCUT2D eigenvalue weighted by molar-refractivity contribution is 0.415. The minimum absolute atomic E-state index is 0.585. The van der Waals surface area contributed by atoms with Crippen molar-refractivity contribution in [2.24, 2.45) is 0 Å². The van der Waals surface area contributed by atoms with E-state index in [0.717, 1.165) is 28.5 Å². The zero-order valence-electron chi connectivity index (χ0n) is 11.9. The number of pyridine rings is 1. The van der Waals surface area contributed by atoms with Gasteiger partial charge in [0.2, 0.25) is 0 Å². The second-order valence-electron chi connectivity index (χ2n) is 5.38. The van der Waals surface area contributed by atoms with Crippen molar-refractivity contribution in [1.29, 1.82) is 0 Å². The van der Waals surface area contributed by atoms with Crippen LogP contribution in [0.25, 0.3) is 16.9 Å². The largest absolute Gasteiger partial charge is 0.497 e. The van der Waals surface area contributed by atoms with Gasteiger partial charge in [-0.3, -0.25) is 4.40 Å². The average molecular weight is 279 g/mol. The number of benzene rings is 1. The number of ether oxygens (including phenoxy) is 1. The van der Waals surface area contributed by atoms with E-state index in [9.17, 15) is 0 Å². The number of imidazole rings is 1. The van der Waals surface area contributed by atoms with Crippen molar-refractivity contribution in [2.75, 3.05) is 12.4 Å². The van der Waals surface area contributed by atoms with Gasteiger partial charge < -0.3 is 10.1 Å². The Balaban J connectivity index is 1.85. The first-order valence-corrected chi connectivity index (χ1v) is 7.23. The molecule has 2 heterocycles. The summed E-state index contributed by atoms with van der Waals surface area (Å²) in [4.78, 5) is 4.78. The number of methoxy groups -OCH3 is 1. The van der Waals surface area contributed by atoms with Crippen LogP contribution >= 0.6 is 0 Å². The Bertz CT molecular complexity index is 772. The van der Waals surface area contributed by atoms with Crippen LogP contribution in [0.1, 0.15) is 12.8 Å². The number of nitrogens with zero attached hydrogens (tertiary/aromatic N) is 2. The molecule has 1 aliphatic carbocycles. The van der Waals surface area contributed by atoms with Crippen LogP contribution in [0.3, 0.4) is 0 Å². The normalized spacial score (nSPS) is 14.3. The Hall–Kier alpha value is -2.49. The van der Waals surface area contributed by atoms with E-state index >= 15 is 0 Å². The lowest BCUT2D eigenvalue weighted by Gasteiger charge is -2.08. The van der Waals surface area contributed by atoms with E-state index in [1.54, 1.807) is 7.11 Å².